The van der Waals surface area contributed by atoms with Crippen LogP contribution in [0.25, 0.3) is 10.9 Å². The second kappa shape index (κ2) is 6.90. The van der Waals surface area contributed by atoms with Crippen molar-refractivity contribution in [1.82, 2.24) is 15.3 Å². The van der Waals surface area contributed by atoms with Crippen LogP contribution in [0.5, 0.6) is 11.6 Å². The van der Waals surface area contributed by atoms with Gasteiger partial charge in [0.1, 0.15) is 30.3 Å². The minimum Gasteiger partial charge on any atom is -0.489 e. The highest BCUT2D eigenvalue weighted by Gasteiger charge is 2.32. The minimum absolute atomic E-state index is 0.0247. The molecule has 144 valence electrons. The van der Waals surface area contributed by atoms with Crippen LogP contribution in [0, 0.1) is 0 Å². The van der Waals surface area contributed by atoms with Gasteiger partial charge in [-0.2, -0.15) is 0 Å². The summed E-state index contributed by atoms with van der Waals surface area (Å²) >= 11 is 0. The van der Waals surface area contributed by atoms with Gasteiger partial charge < -0.3 is 24.4 Å². The van der Waals surface area contributed by atoms with Gasteiger partial charge in [-0.3, -0.25) is 4.79 Å². The normalized spacial score (nSPS) is 17.0. The number of anilines is 1. The van der Waals surface area contributed by atoms with Crippen molar-refractivity contribution in [2.24, 2.45) is 0 Å². The average molecular weight is 374 g/mol. The molecule has 1 N–H and O–H groups in total. The number of carbonyl (C=O) groups is 2. The molecule has 27 heavy (non-hydrogen) atoms. The number of hydrogen-bond acceptors (Lipinski definition) is 7. The molecule has 3 rings (SSSR count). The summed E-state index contributed by atoms with van der Waals surface area (Å²) in [5.74, 6) is 0.554. The molecule has 0 saturated heterocycles. The van der Waals surface area contributed by atoms with Crippen LogP contribution in [0.15, 0.2) is 18.5 Å². The molecule has 0 aliphatic carbocycles. The van der Waals surface area contributed by atoms with Crippen molar-refractivity contribution < 1.29 is 23.8 Å². The number of amides is 2. The average Bonchev–Trinajstić information content (AvgIpc) is 2.70. The first-order valence-corrected chi connectivity index (χ1v) is 8.42. The lowest BCUT2D eigenvalue weighted by Crippen LogP contribution is -2.50. The van der Waals surface area contributed by atoms with Crippen molar-refractivity contribution in [3.05, 3.63) is 18.5 Å². The van der Waals surface area contributed by atoms with Crippen molar-refractivity contribution in [1.29, 1.82) is 0 Å². The van der Waals surface area contributed by atoms with Crippen molar-refractivity contribution in [3.8, 4) is 11.6 Å². The van der Waals surface area contributed by atoms with Crippen LogP contribution in [0.4, 0.5) is 10.5 Å². The number of fused-ring (bicyclic) bond motifs is 2. The second-order valence-electron chi connectivity index (χ2n) is 7.13. The highest BCUT2D eigenvalue weighted by molar-refractivity contribution is 6.02. The lowest BCUT2D eigenvalue weighted by Gasteiger charge is -2.23. The maximum Gasteiger partial charge on any atom is 0.408 e. The third-order valence-corrected chi connectivity index (χ3v) is 3.96. The van der Waals surface area contributed by atoms with Gasteiger partial charge in [0.05, 0.1) is 23.7 Å². The number of methoxy groups -OCH3 is 1. The number of ether oxygens (including phenoxy) is 3. The van der Waals surface area contributed by atoms with Crippen LogP contribution in [-0.2, 0) is 9.53 Å². The number of alkyl carbamates (subject to hydrolysis) is 1. The van der Waals surface area contributed by atoms with Crippen molar-refractivity contribution in [2.75, 3.05) is 25.7 Å². The third-order valence-electron chi connectivity index (χ3n) is 3.96. The van der Waals surface area contributed by atoms with E-state index in [0.717, 1.165) is 0 Å². The lowest BCUT2D eigenvalue weighted by atomic mass is 10.2. The van der Waals surface area contributed by atoms with Crippen LogP contribution in [0.1, 0.15) is 20.8 Å². The maximum atomic E-state index is 12.8. The Morgan fingerprint density at radius 1 is 1.33 bits per heavy atom. The summed E-state index contributed by atoms with van der Waals surface area (Å²) in [7, 11) is 3.13. The van der Waals surface area contributed by atoms with Gasteiger partial charge in [0.2, 0.25) is 5.88 Å². The molecule has 0 fully saturated rings. The molecule has 2 amide bonds. The second-order valence-corrected chi connectivity index (χ2v) is 7.13. The third kappa shape index (κ3) is 3.86. The molecule has 2 heterocycles. The van der Waals surface area contributed by atoms with E-state index < -0.39 is 17.7 Å². The number of rotatable bonds is 2. The summed E-state index contributed by atoms with van der Waals surface area (Å²) in [4.78, 5) is 34.6. The van der Waals surface area contributed by atoms with Crippen LogP contribution < -0.4 is 19.7 Å². The first kappa shape index (κ1) is 18.7. The largest absolute Gasteiger partial charge is 0.489 e. The Morgan fingerprint density at radius 3 is 2.74 bits per heavy atom. The Bertz CT molecular complexity index is 893. The number of aromatic nitrogens is 2. The zero-order chi connectivity index (χ0) is 19.8. The van der Waals surface area contributed by atoms with Crippen LogP contribution >= 0.6 is 0 Å². The fraction of sp³-hybridized carbons (Fsp3) is 0.444. The molecule has 1 atom stereocenters. The Hall–Kier alpha value is -3.10. The van der Waals surface area contributed by atoms with E-state index in [0.29, 0.717) is 28.2 Å². The summed E-state index contributed by atoms with van der Waals surface area (Å²) in [6, 6.07) is 2.57. The van der Waals surface area contributed by atoms with Crippen LogP contribution in [-0.4, -0.2) is 54.4 Å². The Kier molecular flexibility index (Phi) is 4.77. The van der Waals surface area contributed by atoms with Gasteiger partial charge >= 0.3 is 6.09 Å². The number of likely N-dealkylation sites (N-methyl/N-ethyl adjacent to an activating group) is 1. The number of nitrogens with one attached hydrogen (secondary N) is 1. The summed E-state index contributed by atoms with van der Waals surface area (Å²) in [5, 5.41) is 3.22. The van der Waals surface area contributed by atoms with E-state index in [1.165, 1.54) is 18.3 Å². The Balaban J connectivity index is 1.91. The van der Waals surface area contributed by atoms with E-state index in [-0.39, 0.29) is 12.5 Å². The van der Waals surface area contributed by atoms with Gasteiger partial charge in [-0.1, -0.05) is 0 Å². The highest BCUT2D eigenvalue weighted by Crippen LogP contribution is 2.36. The van der Waals surface area contributed by atoms with E-state index in [1.54, 1.807) is 40.0 Å². The summed E-state index contributed by atoms with van der Waals surface area (Å²) < 4.78 is 16.3. The van der Waals surface area contributed by atoms with Gasteiger partial charge in [0.15, 0.2) is 0 Å². The molecule has 2 aromatic rings. The molecule has 9 heteroatoms. The van der Waals surface area contributed by atoms with E-state index in [9.17, 15) is 9.59 Å². The molecule has 0 bridgehead atoms. The minimum atomic E-state index is -0.881. The molecule has 0 spiro atoms. The Morgan fingerprint density at radius 2 is 2.07 bits per heavy atom. The van der Waals surface area contributed by atoms with E-state index in [2.05, 4.69) is 15.3 Å². The van der Waals surface area contributed by atoms with Gasteiger partial charge in [-0.15, -0.1) is 0 Å². The van der Waals surface area contributed by atoms with Crippen LogP contribution in [0.2, 0.25) is 0 Å². The zero-order valence-corrected chi connectivity index (χ0v) is 15.9. The van der Waals surface area contributed by atoms with Gasteiger partial charge in [-0.25, -0.2) is 14.8 Å². The Labute approximate surface area is 156 Å². The molecular weight excluding hydrogens is 352 g/mol. The van der Waals surface area contributed by atoms with Crippen molar-refractivity contribution >= 4 is 28.6 Å². The molecule has 1 aliphatic heterocycles. The predicted octanol–water partition coefficient (Wildman–Crippen LogP) is 1.89. The fourth-order valence-corrected chi connectivity index (χ4v) is 2.74. The molecule has 1 aromatic heterocycles. The first-order valence-electron chi connectivity index (χ1n) is 8.42. The van der Waals surface area contributed by atoms with Gasteiger partial charge in [0, 0.05) is 13.1 Å². The molecule has 0 radical (unpaired) electrons. The molecule has 1 aliphatic rings. The molecule has 0 unspecified atom stereocenters. The molecule has 1 aromatic carbocycles. The lowest BCUT2D eigenvalue weighted by molar-refractivity contribution is -0.120. The molecule has 0 saturated carbocycles. The monoisotopic (exact) mass is 374 g/mol. The van der Waals surface area contributed by atoms with Gasteiger partial charge in [-0.05, 0) is 26.8 Å². The smallest absolute Gasteiger partial charge is 0.408 e. The quantitative estimate of drug-likeness (QED) is 0.856. The molecule has 9 nitrogen and oxygen atoms in total. The number of benzene rings is 1. The SMILES string of the molecule is COc1ncnc2cc3c(cc12)N(C)C(=O)[C@@H](NC(=O)OC(C)(C)C)CO3. The van der Waals surface area contributed by atoms with E-state index in [4.69, 9.17) is 14.2 Å². The standard InChI is InChI=1S/C18H22N4O5/c1-18(2,3)27-17(24)21-12-8-26-14-7-11-10(15(25-5)20-9-19-11)6-13(14)22(4)16(12)23/h6-7,9,12H,8H2,1-5H3,(H,21,24)/t12-/m0/s1. The van der Waals surface area contributed by atoms with Crippen molar-refractivity contribution in [3.63, 3.8) is 0 Å². The summed E-state index contributed by atoms with van der Waals surface area (Å²) in [6.45, 7) is 5.23. The summed E-state index contributed by atoms with van der Waals surface area (Å²) in [5.41, 5.74) is 0.495. The van der Waals surface area contributed by atoms with E-state index in [1.807, 2.05) is 0 Å². The first-order chi connectivity index (χ1) is 12.7. The topological polar surface area (TPSA) is 103 Å². The van der Waals surface area contributed by atoms with E-state index >= 15 is 0 Å². The number of nitrogens with zero attached hydrogens (tertiary/aromatic N) is 3. The molecular formula is C18H22N4O5. The fourth-order valence-electron chi connectivity index (χ4n) is 2.74. The van der Waals surface area contributed by atoms with Crippen LogP contribution in [0.3, 0.4) is 0 Å². The number of carbonyl (C=O) groups excluding carboxylic acids is 2. The zero-order valence-electron chi connectivity index (χ0n) is 15.9. The van der Waals surface area contributed by atoms with Crippen molar-refractivity contribution in [2.45, 2.75) is 32.4 Å². The number of hydrogen-bond donors (Lipinski definition) is 1. The summed E-state index contributed by atoms with van der Waals surface area (Å²) in [6.07, 6.45) is 0.716. The predicted molar refractivity (Wildman–Crippen MR) is 98.2 cm³/mol. The maximum absolute atomic E-state index is 12.8. The van der Waals surface area contributed by atoms with Gasteiger partial charge in [0.25, 0.3) is 5.91 Å². The highest BCUT2D eigenvalue weighted by atomic mass is 16.6.